The maximum absolute atomic E-state index is 12.1. The fraction of sp³-hybridized carbons (Fsp3) is 0.462. The molecule has 4 nitrogen and oxygen atoms in total. The number of anilines is 1. The Morgan fingerprint density at radius 1 is 1.39 bits per heavy atom. The van der Waals surface area contributed by atoms with E-state index in [2.05, 4.69) is 0 Å². The van der Waals surface area contributed by atoms with E-state index in [1.807, 2.05) is 13.8 Å². The zero-order valence-electron chi connectivity index (χ0n) is 10.9. The third-order valence-electron chi connectivity index (χ3n) is 2.51. The van der Waals surface area contributed by atoms with Gasteiger partial charge in [-0.25, -0.2) is 0 Å². The van der Waals surface area contributed by atoms with Gasteiger partial charge in [0.2, 0.25) is 0 Å². The summed E-state index contributed by atoms with van der Waals surface area (Å²) in [6, 6.07) is 7.04. The summed E-state index contributed by atoms with van der Waals surface area (Å²) in [6.07, 6.45) is 0. The molecule has 1 rings (SSSR count). The lowest BCUT2D eigenvalue weighted by atomic mass is 10.2. The van der Waals surface area contributed by atoms with Crippen LogP contribution in [0.3, 0.4) is 0 Å². The van der Waals surface area contributed by atoms with Gasteiger partial charge in [0.25, 0.3) is 5.91 Å². The Kier molecular flexibility index (Phi) is 8.16. The minimum atomic E-state index is -0.000460. The number of amides is 1. The van der Waals surface area contributed by atoms with E-state index in [-0.39, 0.29) is 18.3 Å². The predicted octanol–water partition coefficient (Wildman–Crippen LogP) is 2.19. The van der Waals surface area contributed by atoms with Crippen LogP contribution in [0.25, 0.3) is 0 Å². The van der Waals surface area contributed by atoms with Gasteiger partial charge in [0.1, 0.15) is 0 Å². The molecule has 0 atom stereocenters. The summed E-state index contributed by atoms with van der Waals surface area (Å²) in [7, 11) is 0. The molecule has 0 fully saturated rings. The normalized spacial score (nSPS) is 9.67. The quantitative estimate of drug-likeness (QED) is 0.638. The molecule has 0 aliphatic heterocycles. The summed E-state index contributed by atoms with van der Waals surface area (Å²) in [6.45, 7) is 6.41. The first-order chi connectivity index (χ1) is 8.19. The van der Waals surface area contributed by atoms with Crippen LogP contribution < -0.4 is 5.73 Å². The van der Waals surface area contributed by atoms with Crippen LogP contribution in [0.4, 0.5) is 5.69 Å². The molecule has 0 aromatic heterocycles. The lowest BCUT2D eigenvalue weighted by Gasteiger charge is -2.20. The van der Waals surface area contributed by atoms with Gasteiger partial charge in [0, 0.05) is 30.9 Å². The van der Waals surface area contributed by atoms with Crippen molar-refractivity contribution in [1.82, 2.24) is 4.90 Å². The maximum atomic E-state index is 12.1. The van der Waals surface area contributed by atoms with E-state index >= 15 is 0 Å². The number of hydrogen-bond donors (Lipinski definition) is 1. The summed E-state index contributed by atoms with van der Waals surface area (Å²) in [5.74, 6) is -0.000460. The standard InChI is InChI=1S/C13H20N2O2.ClH/c1-3-15(8-9-17-4-2)13(16)11-6-5-7-12(14)10-11;/h5-7,10H,3-4,8-9,14H2,1-2H3;1H. The maximum Gasteiger partial charge on any atom is 0.253 e. The first-order valence-corrected chi connectivity index (χ1v) is 5.91. The van der Waals surface area contributed by atoms with Gasteiger partial charge in [-0.2, -0.15) is 0 Å². The summed E-state index contributed by atoms with van der Waals surface area (Å²) < 4.78 is 5.26. The van der Waals surface area contributed by atoms with Crippen molar-refractivity contribution < 1.29 is 9.53 Å². The molecule has 102 valence electrons. The summed E-state index contributed by atoms with van der Waals surface area (Å²) in [5.41, 5.74) is 6.90. The molecule has 0 bridgehead atoms. The van der Waals surface area contributed by atoms with Crippen LogP contribution in [0.1, 0.15) is 24.2 Å². The minimum absolute atomic E-state index is 0. The number of benzene rings is 1. The van der Waals surface area contributed by atoms with E-state index in [0.29, 0.717) is 37.6 Å². The monoisotopic (exact) mass is 272 g/mol. The second-order valence-electron chi connectivity index (χ2n) is 3.71. The molecule has 2 N–H and O–H groups in total. The van der Waals surface area contributed by atoms with Gasteiger partial charge in [0.15, 0.2) is 0 Å². The van der Waals surface area contributed by atoms with Crippen molar-refractivity contribution >= 4 is 24.0 Å². The highest BCUT2D eigenvalue weighted by Gasteiger charge is 2.13. The molecule has 0 aliphatic carbocycles. The van der Waals surface area contributed by atoms with Crippen molar-refractivity contribution in [2.75, 3.05) is 32.0 Å². The van der Waals surface area contributed by atoms with Gasteiger partial charge >= 0.3 is 0 Å². The van der Waals surface area contributed by atoms with Crippen LogP contribution in [0, 0.1) is 0 Å². The Bertz CT molecular complexity index is 372. The second kappa shape index (κ2) is 8.78. The number of halogens is 1. The van der Waals surface area contributed by atoms with E-state index in [0.717, 1.165) is 0 Å². The van der Waals surface area contributed by atoms with Crippen LogP contribution in [-0.4, -0.2) is 37.1 Å². The Hall–Kier alpha value is -1.26. The van der Waals surface area contributed by atoms with Crippen molar-refractivity contribution in [3.63, 3.8) is 0 Å². The number of rotatable bonds is 6. The van der Waals surface area contributed by atoms with Crippen molar-refractivity contribution in [3.05, 3.63) is 29.8 Å². The first kappa shape index (κ1) is 16.7. The number of ether oxygens (including phenoxy) is 1. The van der Waals surface area contributed by atoms with Gasteiger partial charge in [0.05, 0.1) is 6.61 Å². The van der Waals surface area contributed by atoms with Crippen LogP contribution in [0.2, 0.25) is 0 Å². The lowest BCUT2D eigenvalue weighted by Crippen LogP contribution is -2.33. The molecule has 0 spiro atoms. The topological polar surface area (TPSA) is 55.6 Å². The van der Waals surface area contributed by atoms with Gasteiger partial charge in [-0.05, 0) is 32.0 Å². The predicted molar refractivity (Wildman–Crippen MR) is 76.2 cm³/mol. The third kappa shape index (κ3) is 4.94. The highest BCUT2D eigenvalue weighted by molar-refractivity contribution is 5.95. The number of hydrogen-bond acceptors (Lipinski definition) is 3. The molecule has 0 radical (unpaired) electrons. The van der Waals surface area contributed by atoms with Crippen LogP contribution in [0.15, 0.2) is 24.3 Å². The molecule has 0 unspecified atom stereocenters. The third-order valence-corrected chi connectivity index (χ3v) is 2.51. The second-order valence-corrected chi connectivity index (χ2v) is 3.71. The number of nitrogens with zero attached hydrogens (tertiary/aromatic N) is 1. The van der Waals surface area contributed by atoms with Crippen molar-refractivity contribution in [2.45, 2.75) is 13.8 Å². The van der Waals surface area contributed by atoms with E-state index in [9.17, 15) is 4.79 Å². The van der Waals surface area contributed by atoms with Crippen LogP contribution in [0.5, 0.6) is 0 Å². The van der Waals surface area contributed by atoms with Crippen LogP contribution >= 0.6 is 12.4 Å². The molecule has 0 saturated carbocycles. The molecule has 5 heteroatoms. The molecule has 1 amide bonds. The molecule has 0 aliphatic rings. The molecule has 1 aromatic rings. The molecule has 0 saturated heterocycles. The number of carbonyl (C=O) groups excluding carboxylic acids is 1. The number of carbonyl (C=O) groups is 1. The van der Waals surface area contributed by atoms with Crippen molar-refractivity contribution in [3.8, 4) is 0 Å². The fourth-order valence-electron chi connectivity index (χ4n) is 1.58. The van der Waals surface area contributed by atoms with Crippen LogP contribution in [-0.2, 0) is 4.74 Å². The van der Waals surface area contributed by atoms with Crippen molar-refractivity contribution in [1.29, 1.82) is 0 Å². The average molecular weight is 273 g/mol. The lowest BCUT2D eigenvalue weighted by molar-refractivity contribution is 0.0669. The highest BCUT2D eigenvalue weighted by atomic mass is 35.5. The van der Waals surface area contributed by atoms with Gasteiger partial charge in [-0.3, -0.25) is 4.79 Å². The zero-order valence-corrected chi connectivity index (χ0v) is 11.7. The average Bonchev–Trinajstić information content (AvgIpc) is 2.34. The van der Waals surface area contributed by atoms with Gasteiger partial charge in [-0.1, -0.05) is 6.07 Å². The van der Waals surface area contributed by atoms with E-state index in [4.69, 9.17) is 10.5 Å². The molecular formula is C13H21ClN2O2. The van der Waals surface area contributed by atoms with Gasteiger partial charge < -0.3 is 15.4 Å². The number of nitrogens with two attached hydrogens (primary N) is 1. The fourth-order valence-corrected chi connectivity index (χ4v) is 1.58. The Balaban J connectivity index is 0.00000289. The van der Waals surface area contributed by atoms with Gasteiger partial charge in [-0.15, -0.1) is 12.4 Å². The summed E-state index contributed by atoms with van der Waals surface area (Å²) >= 11 is 0. The summed E-state index contributed by atoms with van der Waals surface area (Å²) in [4.78, 5) is 13.9. The SMILES string of the molecule is CCOCCN(CC)C(=O)c1cccc(N)c1.Cl. The molecular weight excluding hydrogens is 252 g/mol. The summed E-state index contributed by atoms with van der Waals surface area (Å²) in [5, 5.41) is 0. The smallest absolute Gasteiger partial charge is 0.253 e. The first-order valence-electron chi connectivity index (χ1n) is 5.91. The number of nitrogen functional groups attached to an aromatic ring is 1. The Labute approximate surface area is 115 Å². The van der Waals surface area contributed by atoms with E-state index in [1.54, 1.807) is 29.2 Å². The molecule has 0 heterocycles. The highest BCUT2D eigenvalue weighted by Crippen LogP contribution is 2.09. The van der Waals surface area contributed by atoms with E-state index in [1.165, 1.54) is 0 Å². The zero-order chi connectivity index (χ0) is 12.7. The number of likely N-dealkylation sites (N-methyl/N-ethyl adjacent to an activating group) is 1. The van der Waals surface area contributed by atoms with Crippen molar-refractivity contribution in [2.24, 2.45) is 0 Å². The largest absolute Gasteiger partial charge is 0.399 e. The Morgan fingerprint density at radius 3 is 2.67 bits per heavy atom. The van der Waals surface area contributed by atoms with E-state index < -0.39 is 0 Å². The molecule has 1 aromatic carbocycles. The minimum Gasteiger partial charge on any atom is -0.399 e. The Morgan fingerprint density at radius 2 is 2.11 bits per heavy atom. The molecule has 18 heavy (non-hydrogen) atoms.